The minimum absolute atomic E-state index is 0.0636. The van der Waals surface area contributed by atoms with Gasteiger partial charge in [-0.1, -0.05) is 35.3 Å². The van der Waals surface area contributed by atoms with Crippen molar-refractivity contribution >= 4 is 52.6 Å². The molecule has 0 saturated heterocycles. The average Bonchev–Trinajstić information content (AvgIpc) is 2.28. The SMILES string of the molecule is O=C(Nc1ccccc1C(=O)O)OC(Cl)(Cl)CCl. The summed E-state index contributed by atoms with van der Waals surface area (Å²) in [6.45, 7) is 0. The van der Waals surface area contributed by atoms with Crippen molar-refractivity contribution in [3.05, 3.63) is 29.8 Å². The van der Waals surface area contributed by atoms with Crippen LogP contribution < -0.4 is 5.32 Å². The highest BCUT2D eigenvalue weighted by Crippen LogP contribution is 2.25. The third-order valence-corrected chi connectivity index (χ3v) is 2.86. The van der Waals surface area contributed by atoms with E-state index in [1.54, 1.807) is 6.07 Å². The highest BCUT2D eigenvalue weighted by Gasteiger charge is 2.28. The maximum atomic E-state index is 11.4. The number of halogens is 3. The number of rotatable bonds is 4. The molecule has 0 bridgehead atoms. The van der Waals surface area contributed by atoms with Gasteiger partial charge in [0.2, 0.25) is 0 Å². The average molecular weight is 313 g/mol. The van der Waals surface area contributed by atoms with Gasteiger partial charge in [-0.25, -0.2) is 9.59 Å². The van der Waals surface area contributed by atoms with Crippen molar-refractivity contribution in [2.24, 2.45) is 0 Å². The van der Waals surface area contributed by atoms with E-state index in [0.29, 0.717) is 0 Å². The first kappa shape index (κ1) is 14.9. The van der Waals surface area contributed by atoms with Gasteiger partial charge in [0, 0.05) is 0 Å². The normalized spacial score (nSPS) is 10.8. The zero-order chi connectivity index (χ0) is 13.8. The monoisotopic (exact) mass is 311 g/mol. The van der Waals surface area contributed by atoms with Crippen LogP contribution >= 0.6 is 34.8 Å². The third-order valence-electron chi connectivity index (χ3n) is 1.79. The Bertz CT molecular complexity index is 464. The van der Waals surface area contributed by atoms with E-state index in [9.17, 15) is 9.59 Å². The highest BCUT2D eigenvalue weighted by molar-refractivity contribution is 6.50. The molecule has 5 nitrogen and oxygen atoms in total. The number of hydrogen-bond donors (Lipinski definition) is 2. The molecule has 0 atom stereocenters. The predicted molar refractivity (Wildman–Crippen MR) is 68.7 cm³/mol. The first-order chi connectivity index (χ1) is 8.35. The van der Waals surface area contributed by atoms with E-state index in [1.165, 1.54) is 18.2 Å². The second kappa shape index (κ2) is 6.13. The molecule has 0 aromatic heterocycles. The lowest BCUT2D eigenvalue weighted by Gasteiger charge is -2.17. The zero-order valence-corrected chi connectivity index (χ0v) is 11.1. The lowest BCUT2D eigenvalue weighted by atomic mass is 10.2. The standard InChI is InChI=1S/C10H8Cl3NO4/c11-5-10(12,13)18-9(17)14-7-4-2-1-3-6(7)8(15)16/h1-4H,5H2,(H,14,17)(H,15,16). The van der Waals surface area contributed by atoms with E-state index in [1.807, 2.05) is 0 Å². The summed E-state index contributed by atoms with van der Waals surface area (Å²) >= 11 is 16.4. The Morgan fingerprint density at radius 2 is 1.94 bits per heavy atom. The summed E-state index contributed by atoms with van der Waals surface area (Å²) in [6.07, 6.45) is -1.01. The molecule has 1 amide bonds. The van der Waals surface area contributed by atoms with Crippen molar-refractivity contribution in [2.45, 2.75) is 4.52 Å². The van der Waals surface area contributed by atoms with Crippen LogP contribution in [0.15, 0.2) is 24.3 Å². The van der Waals surface area contributed by atoms with Crippen LogP contribution in [0.3, 0.4) is 0 Å². The molecule has 1 aromatic rings. The molecular formula is C10H8Cl3NO4. The molecule has 0 aliphatic heterocycles. The number of aromatic carboxylic acids is 1. The van der Waals surface area contributed by atoms with Gasteiger partial charge in [-0.3, -0.25) is 5.32 Å². The van der Waals surface area contributed by atoms with Gasteiger partial charge >= 0.3 is 12.1 Å². The summed E-state index contributed by atoms with van der Waals surface area (Å²) in [7, 11) is 0. The van der Waals surface area contributed by atoms with Gasteiger partial charge in [-0.05, 0) is 12.1 Å². The van der Waals surface area contributed by atoms with Crippen LogP contribution in [-0.4, -0.2) is 27.6 Å². The lowest BCUT2D eigenvalue weighted by molar-refractivity contribution is 0.0698. The van der Waals surface area contributed by atoms with Crippen LogP contribution in [0.5, 0.6) is 0 Å². The topological polar surface area (TPSA) is 75.6 Å². The van der Waals surface area contributed by atoms with E-state index >= 15 is 0 Å². The van der Waals surface area contributed by atoms with E-state index in [-0.39, 0.29) is 17.1 Å². The zero-order valence-electron chi connectivity index (χ0n) is 8.82. The number of carboxylic acid groups (broad SMARTS) is 1. The van der Waals surface area contributed by atoms with Gasteiger partial charge in [-0.2, -0.15) is 0 Å². The first-order valence-corrected chi connectivity index (χ1v) is 5.91. The Hall–Kier alpha value is -1.17. The van der Waals surface area contributed by atoms with E-state index < -0.39 is 16.6 Å². The van der Waals surface area contributed by atoms with Crippen molar-refractivity contribution in [2.75, 3.05) is 11.2 Å². The number of carbonyl (C=O) groups excluding carboxylic acids is 1. The molecule has 0 radical (unpaired) electrons. The number of para-hydroxylation sites is 1. The van der Waals surface area contributed by atoms with Crippen molar-refractivity contribution in [3.8, 4) is 0 Å². The number of nitrogens with one attached hydrogen (secondary N) is 1. The number of carbonyl (C=O) groups is 2. The molecule has 0 fully saturated rings. The summed E-state index contributed by atoms with van der Waals surface area (Å²) in [5, 5.41) is 11.1. The molecule has 0 heterocycles. The Morgan fingerprint density at radius 1 is 1.33 bits per heavy atom. The molecule has 1 rings (SSSR count). The fraction of sp³-hybridized carbons (Fsp3) is 0.200. The number of anilines is 1. The Morgan fingerprint density at radius 3 is 2.50 bits per heavy atom. The van der Waals surface area contributed by atoms with Crippen LogP contribution in [0.4, 0.5) is 10.5 Å². The maximum absolute atomic E-state index is 11.4. The molecule has 0 aliphatic carbocycles. The molecule has 0 aliphatic rings. The van der Waals surface area contributed by atoms with Crippen LogP contribution in [-0.2, 0) is 4.74 Å². The van der Waals surface area contributed by atoms with Gasteiger partial charge in [0.15, 0.2) is 0 Å². The maximum Gasteiger partial charge on any atom is 0.414 e. The molecule has 0 saturated carbocycles. The lowest BCUT2D eigenvalue weighted by Crippen LogP contribution is -2.28. The summed E-state index contributed by atoms with van der Waals surface area (Å²) < 4.78 is 2.71. The summed E-state index contributed by atoms with van der Waals surface area (Å²) in [4.78, 5) is 22.3. The van der Waals surface area contributed by atoms with E-state index in [2.05, 4.69) is 10.1 Å². The smallest absolute Gasteiger partial charge is 0.414 e. The number of ether oxygens (including phenoxy) is 1. The minimum Gasteiger partial charge on any atom is -0.478 e. The van der Waals surface area contributed by atoms with Gasteiger partial charge < -0.3 is 9.84 Å². The van der Waals surface area contributed by atoms with Crippen molar-refractivity contribution in [1.82, 2.24) is 0 Å². The largest absolute Gasteiger partial charge is 0.478 e. The molecule has 98 valence electrons. The Labute approximate surface area is 118 Å². The number of carboxylic acids is 1. The van der Waals surface area contributed by atoms with Crippen LogP contribution in [0, 0.1) is 0 Å². The van der Waals surface area contributed by atoms with Crippen molar-refractivity contribution < 1.29 is 19.4 Å². The quantitative estimate of drug-likeness (QED) is 0.836. The molecule has 18 heavy (non-hydrogen) atoms. The van der Waals surface area contributed by atoms with Gasteiger partial charge in [0.25, 0.3) is 4.52 Å². The molecule has 8 heteroatoms. The van der Waals surface area contributed by atoms with Crippen LogP contribution in [0.1, 0.15) is 10.4 Å². The first-order valence-electron chi connectivity index (χ1n) is 4.62. The number of alkyl halides is 3. The number of benzene rings is 1. The number of hydrogen-bond acceptors (Lipinski definition) is 3. The molecule has 2 N–H and O–H groups in total. The van der Waals surface area contributed by atoms with Crippen molar-refractivity contribution in [1.29, 1.82) is 0 Å². The second-order valence-corrected chi connectivity index (χ2v) is 4.82. The molecule has 1 aromatic carbocycles. The third kappa shape index (κ3) is 4.25. The fourth-order valence-electron chi connectivity index (χ4n) is 1.08. The second-order valence-electron chi connectivity index (χ2n) is 3.14. The van der Waals surface area contributed by atoms with Gasteiger partial charge in [-0.15, -0.1) is 11.6 Å². The fourth-order valence-corrected chi connectivity index (χ4v) is 1.27. The predicted octanol–water partition coefficient (Wildman–Crippen LogP) is 3.30. The summed E-state index contributed by atoms with van der Waals surface area (Å²) in [6, 6.07) is 5.80. The molecular weight excluding hydrogens is 304 g/mol. The van der Waals surface area contributed by atoms with E-state index in [0.717, 1.165) is 0 Å². The summed E-state index contributed by atoms with van der Waals surface area (Å²) in [5.74, 6) is -1.52. The summed E-state index contributed by atoms with van der Waals surface area (Å²) in [5.41, 5.74) is -0.0243. The minimum atomic E-state index is -1.87. The van der Waals surface area contributed by atoms with Crippen LogP contribution in [0.25, 0.3) is 0 Å². The van der Waals surface area contributed by atoms with Crippen molar-refractivity contribution in [3.63, 3.8) is 0 Å². The Kier molecular flexibility index (Phi) is 5.07. The molecule has 0 unspecified atom stereocenters. The Balaban J connectivity index is 2.80. The van der Waals surface area contributed by atoms with Gasteiger partial charge in [0.1, 0.15) is 0 Å². The highest BCUT2D eigenvalue weighted by atomic mass is 35.5. The van der Waals surface area contributed by atoms with Crippen LogP contribution in [0.2, 0.25) is 0 Å². The van der Waals surface area contributed by atoms with Gasteiger partial charge in [0.05, 0.1) is 17.1 Å². The molecule has 0 spiro atoms. The van der Waals surface area contributed by atoms with E-state index in [4.69, 9.17) is 39.9 Å². The number of amides is 1.